The van der Waals surface area contributed by atoms with Gasteiger partial charge in [0.1, 0.15) is 0 Å². The van der Waals surface area contributed by atoms with Gasteiger partial charge in [0, 0.05) is 13.1 Å². The Morgan fingerprint density at radius 2 is 2.00 bits per heavy atom. The topological polar surface area (TPSA) is 23.5 Å². The van der Waals surface area contributed by atoms with Gasteiger partial charge < -0.3 is 10.0 Å². The fraction of sp³-hybridized carbons (Fsp3) is 1.00. The van der Waals surface area contributed by atoms with E-state index in [1.165, 1.54) is 6.42 Å². The maximum absolute atomic E-state index is 9.55. The SMILES string of the molecule is CC1CC1CN(C)CC(C)(C)O. The van der Waals surface area contributed by atoms with Crippen LogP contribution in [-0.4, -0.2) is 35.7 Å². The summed E-state index contributed by atoms with van der Waals surface area (Å²) >= 11 is 0. The lowest BCUT2D eigenvalue weighted by atomic mass is 10.1. The first-order chi connectivity index (χ1) is 5.38. The lowest BCUT2D eigenvalue weighted by Crippen LogP contribution is -2.37. The van der Waals surface area contributed by atoms with Gasteiger partial charge in [-0.3, -0.25) is 0 Å². The van der Waals surface area contributed by atoms with Gasteiger partial charge in [-0.05, 0) is 39.2 Å². The molecular formula is C10H21NO. The van der Waals surface area contributed by atoms with Crippen LogP contribution < -0.4 is 0 Å². The number of rotatable bonds is 4. The minimum Gasteiger partial charge on any atom is -0.389 e. The average Bonchev–Trinajstić information content (AvgIpc) is 2.40. The van der Waals surface area contributed by atoms with Gasteiger partial charge in [0.25, 0.3) is 0 Å². The minimum absolute atomic E-state index is 0.549. The maximum atomic E-state index is 9.55. The molecule has 2 unspecified atom stereocenters. The van der Waals surface area contributed by atoms with E-state index in [-0.39, 0.29) is 0 Å². The molecule has 2 heteroatoms. The van der Waals surface area contributed by atoms with Crippen LogP contribution in [0.15, 0.2) is 0 Å². The molecular weight excluding hydrogens is 150 g/mol. The van der Waals surface area contributed by atoms with E-state index in [1.54, 1.807) is 0 Å². The van der Waals surface area contributed by atoms with E-state index < -0.39 is 5.60 Å². The molecule has 72 valence electrons. The number of aliphatic hydroxyl groups is 1. The highest BCUT2D eigenvalue weighted by molar-refractivity contribution is 4.85. The first kappa shape index (κ1) is 10.0. The predicted molar refractivity (Wildman–Crippen MR) is 51.1 cm³/mol. The van der Waals surface area contributed by atoms with Crippen molar-refractivity contribution in [3.8, 4) is 0 Å². The Labute approximate surface area is 75.6 Å². The molecule has 1 aliphatic carbocycles. The second kappa shape index (κ2) is 3.35. The molecule has 0 aromatic heterocycles. The van der Waals surface area contributed by atoms with Crippen molar-refractivity contribution in [2.45, 2.75) is 32.8 Å². The summed E-state index contributed by atoms with van der Waals surface area (Å²) in [6.45, 7) is 7.93. The summed E-state index contributed by atoms with van der Waals surface area (Å²) in [5, 5.41) is 9.55. The van der Waals surface area contributed by atoms with Crippen LogP contribution in [0.25, 0.3) is 0 Å². The number of nitrogens with zero attached hydrogens (tertiary/aromatic N) is 1. The van der Waals surface area contributed by atoms with Crippen LogP contribution in [-0.2, 0) is 0 Å². The summed E-state index contributed by atoms with van der Waals surface area (Å²) in [7, 11) is 2.09. The lowest BCUT2D eigenvalue weighted by molar-refractivity contribution is 0.0430. The van der Waals surface area contributed by atoms with E-state index >= 15 is 0 Å². The summed E-state index contributed by atoms with van der Waals surface area (Å²) in [6, 6.07) is 0. The molecule has 1 saturated carbocycles. The Bertz CT molecular complexity index is 150. The second-order valence-corrected chi connectivity index (χ2v) is 4.98. The van der Waals surface area contributed by atoms with Crippen molar-refractivity contribution < 1.29 is 5.11 Å². The van der Waals surface area contributed by atoms with E-state index in [2.05, 4.69) is 18.9 Å². The van der Waals surface area contributed by atoms with Crippen molar-refractivity contribution in [3.05, 3.63) is 0 Å². The van der Waals surface area contributed by atoms with Crippen LogP contribution in [0.2, 0.25) is 0 Å². The van der Waals surface area contributed by atoms with Crippen LogP contribution in [0.3, 0.4) is 0 Å². The molecule has 0 bridgehead atoms. The third kappa shape index (κ3) is 3.55. The van der Waals surface area contributed by atoms with E-state index in [0.29, 0.717) is 0 Å². The summed E-state index contributed by atoms with van der Waals surface area (Å²) in [5.41, 5.74) is -0.549. The van der Waals surface area contributed by atoms with Crippen LogP contribution in [0.1, 0.15) is 27.2 Å². The van der Waals surface area contributed by atoms with Gasteiger partial charge in [-0.25, -0.2) is 0 Å². The third-order valence-electron chi connectivity index (χ3n) is 2.48. The van der Waals surface area contributed by atoms with Crippen molar-refractivity contribution in [2.24, 2.45) is 11.8 Å². The van der Waals surface area contributed by atoms with Crippen molar-refractivity contribution >= 4 is 0 Å². The minimum atomic E-state index is -0.549. The largest absolute Gasteiger partial charge is 0.389 e. The first-order valence-electron chi connectivity index (χ1n) is 4.79. The number of hydrogen-bond acceptors (Lipinski definition) is 2. The summed E-state index contributed by atoms with van der Waals surface area (Å²) in [6.07, 6.45) is 1.37. The zero-order chi connectivity index (χ0) is 9.35. The van der Waals surface area contributed by atoms with Crippen molar-refractivity contribution in [2.75, 3.05) is 20.1 Å². The average molecular weight is 171 g/mol. The Hall–Kier alpha value is -0.0800. The summed E-state index contributed by atoms with van der Waals surface area (Å²) < 4.78 is 0. The van der Waals surface area contributed by atoms with Gasteiger partial charge >= 0.3 is 0 Å². The highest BCUT2D eigenvalue weighted by atomic mass is 16.3. The van der Waals surface area contributed by atoms with Gasteiger partial charge in [-0.15, -0.1) is 0 Å². The van der Waals surface area contributed by atoms with Gasteiger partial charge in [-0.2, -0.15) is 0 Å². The van der Waals surface area contributed by atoms with Crippen molar-refractivity contribution in [3.63, 3.8) is 0 Å². The molecule has 1 rings (SSSR count). The molecule has 12 heavy (non-hydrogen) atoms. The molecule has 1 N–H and O–H groups in total. The van der Waals surface area contributed by atoms with Crippen molar-refractivity contribution in [1.29, 1.82) is 0 Å². The molecule has 0 amide bonds. The molecule has 0 spiro atoms. The zero-order valence-corrected chi connectivity index (χ0v) is 8.67. The first-order valence-corrected chi connectivity index (χ1v) is 4.79. The van der Waals surface area contributed by atoms with Crippen LogP contribution >= 0.6 is 0 Å². The molecule has 0 aromatic rings. The smallest absolute Gasteiger partial charge is 0.0718 e. The molecule has 1 aliphatic rings. The maximum Gasteiger partial charge on any atom is 0.0718 e. The molecule has 0 radical (unpaired) electrons. The second-order valence-electron chi connectivity index (χ2n) is 4.98. The van der Waals surface area contributed by atoms with E-state index in [0.717, 1.165) is 24.9 Å². The fourth-order valence-corrected chi connectivity index (χ4v) is 1.78. The van der Waals surface area contributed by atoms with E-state index in [1.807, 2.05) is 13.8 Å². The summed E-state index contributed by atoms with van der Waals surface area (Å²) in [4.78, 5) is 2.23. The standard InChI is InChI=1S/C10H21NO/c1-8-5-9(8)6-11(4)7-10(2,3)12/h8-9,12H,5-7H2,1-4H3. The lowest BCUT2D eigenvalue weighted by Gasteiger charge is -2.25. The highest BCUT2D eigenvalue weighted by Crippen LogP contribution is 2.38. The molecule has 0 saturated heterocycles. The highest BCUT2D eigenvalue weighted by Gasteiger charge is 2.33. The molecule has 2 atom stereocenters. The monoisotopic (exact) mass is 171 g/mol. The molecule has 0 aromatic carbocycles. The van der Waals surface area contributed by atoms with Gasteiger partial charge in [0.15, 0.2) is 0 Å². The Morgan fingerprint density at radius 1 is 1.50 bits per heavy atom. The van der Waals surface area contributed by atoms with Crippen molar-refractivity contribution in [1.82, 2.24) is 4.90 Å². The molecule has 0 aliphatic heterocycles. The van der Waals surface area contributed by atoms with E-state index in [4.69, 9.17) is 0 Å². The van der Waals surface area contributed by atoms with Gasteiger partial charge in [-0.1, -0.05) is 6.92 Å². The number of likely N-dealkylation sites (N-methyl/N-ethyl adjacent to an activating group) is 1. The Kier molecular flexibility index (Phi) is 2.79. The van der Waals surface area contributed by atoms with Crippen LogP contribution in [0.4, 0.5) is 0 Å². The normalized spacial score (nSPS) is 29.5. The number of hydrogen-bond donors (Lipinski definition) is 1. The Morgan fingerprint density at radius 3 is 2.33 bits per heavy atom. The van der Waals surface area contributed by atoms with Crippen LogP contribution in [0, 0.1) is 11.8 Å². The molecule has 1 fully saturated rings. The van der Waals surface area contributed by atoms with E-state index in [9.17, 15) is 5.11 Å². The summed E-state index contributed by atoms with van der Waals surface area (Å²) in [5.74, 6) is 1.80. The zero-order valence-electron chi connectivity index (χ0n) is 8.67. The van der Waals surface area contributed by atoms with Gasteiger partial charge in [0.2, 0.25) is 0 Å². The fourth-order valence-electron chi connectivity index (χ4n) is 1.78. The Balaban J connectivity index is 2.16. The molecule has 2 nitrogen and oxygen atoms in total. The van der Waals surface area contributed by atoms with Crippen LogP contribution in [0.5, 0.6) is 0 Å². The molecule has 0 heterocycles. The predicted octanol–water partition coefficient (Wildman–Crippen LogP) is 1.35. The quantitative estimate of drug-likeness (QED) is 0.690. The van der Waals surface area contributed by atoms with Gasteiger partial charge in [0.05, 0.1) is 5.60 Å². The third-order valence-corrected chi connectivity index (χ3v) is 2.48.